The van der Waals surface area contributed by atoms with Crippen molar-refractivity contribution in [2.24, 2.45) is 0 Å². The number of esters is 1. The van der Waals surface area contributed by atoms with Gasteiger partial charge in [-0.05, 0) is 6.92 Å². The van der Waals surface area contributed by atoms with Crippen molar-refractivity contribution in [3.8, 4) is 0 Å². The van der Waals surface area contributed by atoms with Crippen LogP contribution in [0, 0.1) is 0 Å². The maximum absolute atomic E-state index is 11.2. The van der Waals surface area contributed by atoms with Gasteiger partial charge in [-0.1, -0.05) is 11.6 Å². The highest BCUT2D eigenvalue weighted by atomic mass is 35.5. The van der Waals surface area contributed by atoms with Crippen LogP contribution < -0.4 is 0 Å². The Labute approximate surface area is 81.1 Å². The Kier molecular flexibility index (Phi) is 1.84. The summed E-state index contributed by atoms with van der Waals surface area (Å²) in [5.41, 5.74) is -0.638. The zero-order valence-corrected chi connectivity index (χ0v) is 8.26. The molecule has 0 aromatic rings. The Hall–Kier alpha value is -0.320. The van der Waals surface area contributed by atoms with Crippen LogP contribution in [0.1, 0.15) is 13.3 Å². The third kappa shape index (κ3) is 1.09. The molecule has 0 aliphatic carbocycles. The number of methoxy groups -OCH3 is 1. The summed E-state index contributed by atoms with van der Waals surface area (Å²) < 4.78 is 15.1. The molecule has 0 N–H and O–H groups in total. The Bertz CT molecular complexity index is 257. The van der Waals surface area contributed by atoms with Gasteiger partial charge in [0.05, 0.1) is 19.8 Å². The van der Waals surface area contributed by atoms with Crippen molar-refractivity contribution < 1.29 is 19.0 Å². The predicted octanol–water partition coefficient (Wildman–Crippen LogP) is 0.672. The van der Waals surface area contributed by atoms with Gasteiger partial charge in [0.1, 0.15) is 0 Å². The van der Waals surface area contributed by atoms with E-state index in [1.807, 2.05) is 6.92 Å². The first-order valence-corrected chi connectivity index (χ1v) is 4.51. The molecule has 3 atom stereocenters. The average Bonchev–Trinajstić information content (AvgIpc) is 2.47. The van der Waals surface area contributed by atoms with E-state index in [1.165, 1.54) is 7.11 Å². The van der Waals surface area contributed by atoms with Gasteiger partial charge < -0.3 is 14.2 Å². The number of rotatable bonds is 1. The second kappa shape index (κ2) is 2.59. The van der Waals surface area contributed by atoms with E-state index in [2.05, 4.69) is 4.74 Å². The fourth-order valence-corrected chi connectivity index (χ4v) is 2.11. The molecule has 0 bridgehead atoms. The number of carbonyl (C=O) groups excluding carboxylic acids is 1. The fraction of sp³-hybridized carbons (Fsp3) is 0.875. The molecule has 74 valence electrons. The van der Waals surface area contributed by atoms with Gasteiger partial charge in [0, 0.05) is 6.42 Å². The largest absolute Gasteiger partial charge is 0.466 e. The summed E-state index contributed by atoms with van der Waals surface area (Å²) in [5, 5.41) is -1.30. The lowest BCUT2D eigenvalue weighted by molar-refractivity contribution is -0.143. The molecular weight excluding hydrogens is 196 g/mol. The lowest BCUT2D eigenvalue weighted by Gasteiger charge is -2.04. The summed E-state index contributed by atoms with van der Waals surface area (Å²) >= 11 is 5.95. The highest BCUT2D eigenvalue weighted by Gasteiger charge is 2.77. The maximum atomic E-state index is 11.2. The lowest BCUT2D eigenvalue weighted by Crippen LogP contribution is -2.30. The van der Waals surface area contributed by atoms with Crippen molar-refractivity contribution in [1.82, 2.24) is 0 Å². The van der Waals surface area contributed by atoms with Gasteiger partial charge in [0.2, 0.25) is 0 Å². The summed E-state index contributed by atoms with van der Waals surface area (Å²) in [5.74, 6) is -0.535. The van der Waals surface area contributed by atoms with E-state index in [1.54, 1.807) is 0 Å². The Morgan fingerprint density at radius 1 is 1.69 bits per heavy atom. The summed E-state index contributed by atoms with van der Waals surface area (Å²) in [4.78, 5) is 11.2. The molecule has 5 heteroatoms. The normalized spacial score (nSPS) is 48.1. The lowest BCUT2D eigenvalue weighted by atomic mass is 10.0. The molecule has 2 aliphatic heterocycles. The predicted molar refractivity (Wildman–Crippen MR) is 44.4 cm³/mol. The smallest absolute Gasteiger partial charge is 0.357 e. The highest BCUT2D eigenvalue weighted by Crippen LogP contribution is 2.57. The zero-order valence-electron chi connectivity index (χ0n) is 7.50. The SMILES string of the molecule is COC(=O)C1(Cl)OC12COC(C)C2. The van der Waals surface area contributed by atoms with Crippen molar-refractivity contribution in [3.05, 3.63) is 0 Å². The van der Waals surface area contributed by atoms with Crippen LogP contribution in [0.5, 0.6) is 0 Å². The number of hydrogen-bond donors (Lipinski definition) is 0. The molecule has 0 aromatic carbocycles. The summed E-state index contributed by atoms with van der Waals surface area (Å²) in [6.45, 7) is 2.29. The number of ether oxygens (including phenoxy) is 3. The fourth-order valence-electron chi connectivity index (χ4n) is 1.76. The van der Waals surface area contributed by atoms with Crippen LogP contribution in [0.3, 0.4) is 0 Å². The van der Waals surface area contributed by atoms with Crippen molar-refractivity contribution >= 4 is 17.6 Å². The summed E-state index contributed by atoms with van der Waals surface area (Å²) in [6.07, 6.45) is 0.733. The second-order valence-electron chi connectivity index (χ2n) is 3.51. The van der Waals surface area contributed by atoms with Crippen LogP contribution in [0.2, 0.25) is 0 Å². The van der Waals surface area contributed by atoms with Crippen molar-refractivity contribution in [3.63, 3.8) is 0 Å². The molecule has 13 heavy (non-hydrogen) atoms. The molecule has 2 fully saturated rings. The first kappa shape index (κ1) is 9.24. The monoisotopic (exact) mass is 206 g/mol. The average molecular weight is 207 g/mol. The first-order valence-electron chi connectivity index (χ1n) is 4.13. The van der Waals surface area contributed by atoms with Crippen LogP contribution in [-0.4, -0.2) is 36.5 Å². The maximum Gasteiger partial charge on any atom is 0.357 e. The third-order valence-electron chi connectivity index (χ3n) is 2.55. The highest BCUT2D eigenvalue weighted by molar-refractivity contribution is 6.36. The molecule has 2 saturated heterocycles. The van der Waals surface area contributed by atoms with Crippen molar-refractivity contribution in [1.29, 1.82) is 0 Å². The number of epoxide rings is 1. The van der Waals surface area contributed by atoms with Gasteiger partial charge >= 0.3 is 5.97 Å². The van der Waals surface area contributed by atoms with E-state index >= 15 is 0 Å². The summed E-state index contributed by atoms with van der Waals surface area (Å²) in [6, 6.07) is 0. The topological polar surface area (TPSA) is 48.1 Å². The number of halogens is 1. The van der Waals surface area contributed by atoms with E-state index < -0.39 is 16.6 Å². The van der Waals surface area contributed by atoms with E-state index in [9.17, 15) is 4.79 Å². The molecule has 2 heterocycles. The van der Waals surface area contributed by atoms with Crippen LogP contribution in [0.25, 0.3) is 0 Å². The van der Waals surface area contributed by atoms with E-state index in [4.69, 9.17) is 21.1 Å². The third-order valence-corrected chi connectivity index (χ3v) is 3.12. The standard InChI is InChI=1S/C8H11ClO4/c1-5-3-7(4-12-5)8(9,13-7)6(10)11-2/h5H,3-4H2,1-2H3. The molecule has 2 aliphatic rings. The Morgan fingerprint density at radius 3 is 2.85 bits per heavy atom. The summed E-state index contributed by atoms with van der Waals surface area (Å²) in [7, 11) is 1.29. The van der Waals surface area contributed by atoms with Gasteiger partial charge in [-0.2, -0.15) is 0 Å². The van der Waals surface area contributed by atoms with Gasteiger partial charge in [-0.25, -0.2) is 4.79 Å². The molecule has 3 unspecified atom stereocenters. The van der Waals surface area contributed by atoms with Gasteiger partial charge in [-0.3, -0.25) is 0 Å². The minimum absolute atomic E-state index is 0.0882. The molecule has 0 amide bonds. The number of carbonyl (C=O) groups is 1. The Balaban J connectivity index is 2.11. The van der Waals surface area contributed by atoms with E-state index in [0.717, 1.165) is 0 Å². The Morgan fingerprint density at radius 2 is 2.38 bits per heavy atom. The van der Waals surface area contributed by atoms with Gasteiger partial charge in [-0.15, -0.1) is 0 Å². The van der Waals surface area contributed by atoms with Crippen molar-refractivity contribution in [2.45, 2.75) is 30.1 Å². The molecule has 0 saturated carbocycles. The minimum atomic E-state index is -1.30. The molecule has 0 aromatic heterocycles. The van der Waals surface area contributed by atoms with E-state index in [0.29, 0.717) is 13.0 Å². The molecule has 2 rings (SSSR count). The molecular formula is C8H11ClO4. The number of hydrogen-bond acceptors (Lipinski definition) is 4. The number of alkyl halides is 1. The zero-order chi connectivity index (χ0) is 9.69. The van der Waals surface area contributed by atoms with Crippen molar-refractivity contribution in [2.75, 3.05) is 13.7 Å². The quantitative estimate of drug-likeness (QED) is 0.360. The van der Waals surface area contributed by atoms with Crippen LogP contribution in [-0.2, 0) is 19.0 Å². The van der Waals surface area contributed by atoms with Crippen LogP contribution in [0.4, 0.5) is 0 Å². The van der Waals surface area contributed by atoms with Gasteiger partial charge in [0.25, 0.3) is 5.06 Å². The van der Waals surface area contributed by atoms with Crippen LogP contribution >= 0.6 is 11.6 Å². The first-order chi connectivity index (χ1) is 6.04. The molecule has 0 radical (unpaired) electrons. The molecule has 4 nitrogen and oxygen atoms in total. The molecule has 1 spiro atoms. The van der Waals surface area contributed by atoms with E-state index in [-0.39, 0.29) is 6.10 Å². The van der Waals surface area contributed by atoms with Gasteiger partial charge in [0.15, 0.2) is 5.60 Å². The second-order valence-corrected chi connectivity index (χ2v) is 4.04. The van der Waals surface area contributed by atoms with Crippen LogP contribution in [0.15, 0.2) is 0 Å². The minimum Gasteiger partial charge on any atom is -0.466 e.